The van der Waals surface area contributed by atoms with Gasteiger partial charge in [-0.05, 0) is 31.5 Å². The first kappa shape index (κ1) is 24.5. The molecule has 0 atom stereocenters. The molecule has 0 bridgehead atoms. The average molecular weight is 484 g/mol. The Kier molecular flexibility index (Phi) is 8.51. The molecule has 1 fully saturated rings. The van der Waals surface area contributed by atoms with Gasteiger partial charge in [-0.2, -0.15) is 4.31 Å². The zero-order chi connectivity index (χ0) is 23.1. The summed E-state index contributed by atoms with van der Waals surface area (Å²) in [5.41, 5.74) is 1.33. The van der Waals surface area contributed by atoms with Crippen molar-refractivity contribution in [3.8, 4) is 0 Å². The monoisotopic (exact) mass is 483 g/mol. The van der Waals surface area contributed by atoms with Crippen LogP contribution >= 0.6 is 11.8 Å². The second-order valence-corrected chi connectivity index (χ2v) is 10.1. The highest BCUT2D eigenvalue weighted by molar-refractivity contribution is 7.99. The lowest BCUT2D eigenvalue weighted by atomic mass is 10.3. The number of nitrogens with zero attached hydrogens (tertiary/aromatic N) is 3. The Hall–Kier alpha value is -2.15. The van der Waals surface area contributed by atoms with Crippen LogP contribution in [0.2, 0.25) is 0 Å². The second-order valence-electron chi connectivity index (χ2n) is 7.25. The molecular formula is C20H29N5O5S2. The van der Waals surface area contributed by atoms with Gasteiger partial charge in [0.1, 0.15) is 0 Å². The van der Waals surface area contributed by atoms with E-state index in [0.29, 0.717) is 50.1 Å². The van der Waals surface area contributed by atoms with Gasteiger partial charge in [0.25, 0.3) is 0 Å². The normalized spacial score (nSPS) is 15.1. The highest BCUT2D eigenvalue weighted by Gasteiger charge is 2.27. The van der Waals surface area contributed by atoms with Crippen LogP contribution < -0.4 is 10.6 Å². The van der Waals surface area contributed by atoms with Crippen molar-refractivity contribution in [3.05, 3.63) is 18.2 Å². The van der Waals surface area contributed by atoms with Gasteiger partial charge in [0, 0.05) is 26.2 Å². The first-order valence-corrected chi connectivity index (χ1v) is 13.1. The number of carbonyl (C=O) groups excluding carboxylic acids is 2. The molecule has 1 aromatic heterocycles. The van der Waals surface area contributed by atoms with Crippen LogP contribution in [0.4, 0.5) is 4.79 Å². The number of carbonyl (C=O) groups is 2. The summed E-state index contributed by atoms with van der Waals surface area (Å²) in [5.74, 6) is -0.405. The topological polar surface area (TPSA) is 123 Å². The molecule has 2 heterocycles. The van der Waals surface area contributed by atoms with Gasteiger partial charge in [-0.1, -0.05) is 25.1 Å². The second kappa shape index (κ2) is 11.1. The summed E-state index contributed by atoms with van der Waals surface area (Å²) in [6.07, 6.45) is 1.80. The van der Waals surface area contributed by atoms with Crippen LogP contribution in [0.5, 0.6) is 0 Å². The van der Waals surface area contributed by atoms with Crippen molar-refractivity contribution in [1.29, 1.82) is 0 Å². The smallest absolute Gasteiger partial charge is 0.321 e. The van der Waals surface area contributed by atoms with Crippen LogP contribution in [0, 0.1) is 0 Å². The zero-order valence-corrected chi connectivity index (χ0v) is 19.9. The Morgan fingerprint density at radius 3 is 2.66 bits per heavy atom. The van der Waals surface area contributed by atoms with Crippen molar-refractivity contribution >= 4 is 44.8 Å². The number of amides is 3. The molecule has 0 aliphatic carbocycles. The molecule has 3 rings (SSSR count). The number of fused-ring (bicyclic) bond motifs is 1. The lowest BCUT2D eigenvalue weighted by Crippen LogP contribution is -2.40. The number of hydrogen-bond acceptors (Lipinski definition) is 7. The van der Waals surface area contributed by atoms with E-state index in [9.17, 15) is 18.0 Å². The summed E-state index contributed by atoms with van der Waals surface area (Å²) < 4.78 is 34.5. The van der Waals surface area contributed by atoms with Crippen LogP contribution in [0.25, 0.3) is 11.0 Å². The third-order valence-electron chi connectivity index (χ3n) is 5.01. The summed E-state index contributed by atoms with van der Waals surface area (Å²) >= 11 is 1.20. The molecule has 1 aliphatic heterocycles. The van der Waals surface area contributed by atoms with Gasteiger partial charge in [0.2, 0.25) is 15.9 Å². The average Bonchev–Trinajstić information content (AvgIpc) is 3.15. The van der Waals surface area contributed by atoms with Crippen molar-refractivity contribution < 1.29 is 22.7 Å². The van der Waals surface area contributed by atoms with E-state index in [-0.39, 0.29) is 10.6 Å². The molecule has 1 aromatic carbocycles. The van der Waals surface area contributed by atoms with Gasteiger partial charge in [-0.3, -0.25) is 10.1 Å². The van der Waals surface area contributed by atoms with Gasteiger partial charge in [-0.15, -0.1) is 0 Å². The molecule has 32 heavy (non-hydrogen) atoms. The lowest BCUT2D eigenvalue weighted by molar-refractivity contribution is -0.117. The number of imidazole rings is 1. The van der Waals surface area contributed by atoms with Crippen molar-refractivity contribution in [2.75, 3.05) is 38.6 Å². The minimum Gasteiger partial charge on any atom is -0.379 e. The molecule has 0 radical (unpaired) electrons. The Morgan fingerprint density at radius 2 is 1.97 bits per heavy atom. The minimum absolute atomic E-state index is 0.0173. The van der Waals surface area contributed by atoms with E-state index >= 15 is 0 Å². The Bertz CT molecular complexity index is 1060. The van der Waals surface area contributed by atoms with Crippen molar-refractivity contribution in [2.45, 2.75) is 43.3 Å². The standard InChI is InChI=1S/C20H29N5O5S2/c1-3-5-8-21-19(27)23-18(26)14-31-20-22-16-13-15(6-7-17(16)25(20)4-2)32(28,29)24-9-11-30-12-10-24/h6-7,13H,3-5,8-12,14H2,1-2H3,(H2,21,23,26,27). The van der Waals surface area contributed by atoms with Crippen LogP contribution in [0.3, 0.4) is 0 Å². The zero-order valence-electron chi connectivity index (χ0n) is 18.3. The SMILES string of the molecule is CCCCNC(=O)NC(=O)CSc1nc2cc(S(=O)(=O)N3CCOCC3)ccc2n1CC. The third-order valence-corrected chi connectivity index (χ3v) is 7.88. The molecule has 2 aromatic rings. The maximum Gasteiger partial charge on any atom is 0.321 e. The third kappa shape index (κ3) is 5.80. The fraction of sp³-hybridized carbons (Fsp3) is 0.550. The summed E-state index contributed by atoms with van der Waals surface area (Å²) in [6.45, 7) is 6.50. The van der Waals surface area contributed by atoms with Crippen molar-refractivity contribution in [3.63, 3.8) is 0 Å². The Labute approximate surface area is 192 Å². The largest absolute Gasteiger partial charge is 0.379 e. The minimum atomic E-state index is -3.62. The number of sulfonamides is 1. The number of aryl methyl sites for hydroxylation is 1. The number of nitrogens with one attached hydrogen (secondary N) is 2. The number of unbranched alkanes of at least 4 members (excludes halogenated alkanes) is 1. The molecule has 12 heteroatoms. The van der Waals surface area contributed by atoms with Gasteiger partial charge in [0.05, 0.1) is 34.9 Å². The summed E-state index contributed by atoms with van der Waals surface area (Å²) in [7, 11) is -3.62. The highest BCUT2D eigenvalue weighted by Crippen LogP contribution is 2.27. The van der Waals surface area contributed by atoms with E-state index in [2.05, 4.69) is 15.6 Å². The van der Waals surface area contributed by atoms with E-state index < -0.39 is 22.0 Å². The first-order chi connectivity index (χ1) is 15.4. The molecule has 3 amide bonds. The van der Waals surface area contributed by atoms with E-state index in [0.717, 1.165) is 18.4 Å². The number of urea groups is 1. The number of imide groups is 1. The van der Waals surface area contributed by atoms with Crippen LogP contribution in [0.15, 0.2) is 28.3 Å². The van der Waals surface area contributed by atoms with Crippen molar-refractivity contribution in [2.24, 2.45) is 0 Å². The number of rotatable bonds is 9. The number of aromatic nitrogens is 2. The van der Waals surface area contributed by atoms with Crippen molar-refractivity contribution in [1.82, 2.24) is 24.5 Å². The maximum absolute atomic E-state index is 12.9. The van der Waals surface area contributed by atoms with E-state index in [1.54, 1.807) is 18.2 Å². The predicted octanol–water partition coefficient (Wildman–Crippen LogP) is 1.80. The summed E-state index contributed by atoms with van der Waals surface area (Å²) in [5, 5.41) is 5.53. The number of hydrogen-bond donors (Lipinski definition) is 2. The van der Waals surface area contributed by atoms with Gasteiger partial charge in [0.15, 0.2) is 5.16 Å². The van der Waals surface area contributed by atoms with E-state index in [4.69, 9.17) is 4.74 Å². The van der Waals surface area contributed by atoms with Gasteiger partial charge >= 0.3 is 6.03 Å². The molecule has 0 unspecified atom stereocenters. The lowest BCUT2D eigenvalue weighted by Gasteiger charge is -2.26. The quantitative estimate of drug-likeness (QED) is 0.412. The van der Waals surface area contributed by atoms with Gasteiger partial charge < -0.3 is 14.6 Å². The molecular weight excluding hydrogens is 454 g/mol. The Morgan fingerprint density at radius 1 is 1.22 bits per heavy atom. The fourth-order valence-electron chi connectivity index (χ4n) is 3.32. The Balaban J connectivity index is 1.71. The molecule has 176 valence electrons. The van der Waals surface area contributed by atoms with Gasteiger partial charge in [-0.25, -0.2) is 18.2 Å². The van der Waals surface area contributed by atoms with Crippen LogP contribution in [0.1, 0.15) is 26.7 Å². The fourth-order valence-corrected chi connectivity index (χ4v) is 5.62. The molecule has 1 aliphatic rings. The first-order valence-electron chi connectivity index (χ1n) is 10.7. The molecule has 0 saturated carbocycles. The molecule has 10 nitrogen and oxygen atoms in total. The number of thioether (sulfide) groups is 1. The van der Waals surface area contributed by atoms with E-state index in [1.807, 2.05) is 18.4 Å². The van der Waals surface area contributed by atoms with E-state index in [1.165, 1.54) is 16.1 Å². The molecule has 2 N–H and O–H groups in total. The van der Waals surface area contributed by atoms with Crippen LogP contribution in [-0.4, -0.2) is 72.8 Å². The summed E-state index contributed by atoms with van der Waals surface area (Å²) in [6, 6.07) is 4.39. The van der Waals surface area contributed by atoms with Crippen LogP contribution in [-0.2, 0) is 26.1 Å². The molecule has 0 spiro atoms. The highest BCUT2D eigenvalue weighted by atomic mass is 32.2. The molecule has 1 saturated heterocycles. The number of ether oxygens (including phenoxy) is 1. The summed E-state index contributed by atoms with van der Waals surface area (Å²) in [4.78, 5) is 28.6. The number of morpholine rings is 1. The maximum atomic E-state index is 12.9. The number of benzene rings is 1. The predicted molar refractivity (Wildman–Crippen MR) is 122 cm³/mol.